The highest BCUT2D eigenvalue weighted by atomic mass is 35.5. The molecule has 1 amide bonds. The Morgan fingerprint density at radius 1 is 1.03 bits per heavy atom. The number of nitrogens with one attached hydrogen (secondary N) is 2. The van der Waals surface area contributed by atoms with Gasteiger partial charge in [0.1, 0.15) is 16.3 Å². The van der Waals surface area contributed by atoms with Gasteiger partial charge in [-0.3, -0.25) is 14.5 Å². The molecule has 0 fully saturated rings. The Kier molecular flexibility index (Phi) is 6.70. The van der Waals surface area contributed by atoms with Crippen LogP contribution in [-0.4, -0.2) is 33.9 Å². The Bertz CT molecular complexity index is 1770. The number of aromatic nitrogens is 4. The van der Waals surface area contributed by atoms with Crippen molar-refractivity contribution in [3.8, 4) is 11.1 Å². The number of hydrogen-bond donors (Lipinski definition) is 3. The third-order valence-electron chi connectivity index (χ3n) is 5.86. The van der Waals surface area contributed by atoms with Gasteiger partial charge in [-0.2, -0.15) is 9.61 Å². The topological polar surface area (TPSA) is 144 Å². The van der Waals surface area contributed by atoms with Crippen LogP contribution in [0.3, 0.4) is 0 Å². The number of aryl methyl sites for hydroxylation is 1. The van der Waals surface area contributed by atoms with Gasteiger partial charge in [0.05, 0.1) is 23.5 Å². The maximum Gasteiger partial charge on any atom is 0.263 e. The monoisotopic (exact) mass is 547 g/mol. The number of amides is 1. The molecule has 2 aromatic carbocycles. The van der Waals surface area contributed by atoms with Crippen molar-refractivity contribution in [2.75, 3.05) is 10.5 Å². The van der Waals surface area contributed by atoms with Gasteiger partial charge in [-0.25, -0.2) is 13.4 Å². The maximum atomic E-state index is 12.8. The fourth-order valence-electron chi connectivity index (χ4n) is 3.99. The molecule has 0 aliphatic heterocycles. The van der Waals surface area contributed by atoms with E-state index in [-0.39, 0.29) is 33.8 Å². The minimum atomic E-state index is -3.88. The Hall–Kier alpha value is -4.48. The van der Waals surface area contributed by atoms with Crippen LogP contribution in [0.15, 0.2) is 84.1 Å². The lowest BCUT2D eigenvalue weighted by Gasteiger charge is -2.13. The number of nitrogen functional groups attached to an aromatic ring is 1. The Balaban J connectivity index is 1.40. The number of halogens is 1. The van der Waals surface area contributed by atoms with Gasteiger partial charge in [0.15, 0.2) is 5.65 Å². The zero-order chi connectivity index (χ0) is 26.9. The molecule has 10 nitrogen and oxygen atoms in total. The number of carbonyl (C=O) groups excluding carboxylic acids is 1. The number of fused-ring (bicyclic) bond motifs is 1. The highest BCUT2D eigenvalue weighted by Gasteiger charge is 2.20. The van der Waals surface area contributed by atoms with Crippen molar-refractivity contribution >= 4 is 44.7 Å². The number of pyridine rings is 1. The lowest BCUT2D eigenvalue weighted by atomic mass is 10.0. The average Bonchev–Trinajstić information content (AvgIpc) is 3.34. The fourth-order valence-corrected chi connectivity index (χ4v) is 5.56. The quantitative estimate of drug-likeness (QED) is 0.278. The van der Waals surface area contributed by atoms with E-state index in [4.69, 9.17) is 17.3 Å². The van der Waals surface area contributed by atoms with Gasteiger partial charge in [-0.1, -0.05) is 35.9 Å². The molecule has 0 spiro atoms. The SMILES string of the molecule is Cc1cc(NS(=O)(=O)c2ccccc2Cl)ccc1-c1cnc2c(C(=O)NCc3ccccn3)cnn2c1N. The van der Waals surface area contributed by atoms with Crippen LogP contribution in [0.25, 0.3) is 16.8 Å². The molecular formula is C26H22ClN7O3S. The molecule has 0 aliphatic carbocycles. The van der Waals surface area contributed by atoms with Gasteiger partial charge < -0.3 is 11.1 Å². The van der Waals surface area contributed by atoms with Crippen molar-refractivity contribution in [3.63, 3.8) is 0 Å². The third-order valence-corrected chi connectivity index (χ3v) is 7.74. The van der Waals surface area contributed by atoms with Crippen molar-refractivity contribution in [2.45, 2.75) is 18.4 Å². The second-order valence-corrected chi connectivity index (χ2v) is 10.5. The second-order valence-electron chi connectivity index (χ2n) is 8.42. The van der Waals surface area contributed by atoms with E-state index in [1.165, 1.54) is 22.8 Å². The molecule has 4 N–H and O–H groups in total. The van der Waals surface area contributed by atoms with E-state index in [1.807, 2.05) is 19.1 Å². The van der Waals surface area contributed by atoms with Crippen LogP contribution in [0, 0.1) is 6.92 Å². The van der Waals surface area contributed by atoms with E-state index in [1.54, 1.807) is 48.8 Å². The molecule has 38 heavy (non-hydrogen) atoms. The summed E-state index contributed by atoms with van der Waals surface area (Å²) in [6.07, 6.45) is 4.64. The van der Waals surface area contributed by atoms with Crippen molar-refractivity contribution in [2.24, 2.45) is 0 Å². The summed E-state index contributed by atoms with van der Waals surface area (Å²) >= 11 is 6.07. The number of nitrogens with two attached hydrogens (primary N) is 1. The van der Waals surface area contributed by atoms with E-state index in [0.717, 1.165) is 16.8 Å². The summed E-state index contributed by atoms with van der Waals surface area (Å²) < 4.78 is 29.6. The van der Waals surface area contributed by atoms with Crippen LogP contribution in [0.5, 0.6) is 0 Å². The highest BCUT2D eigenvalue weighted by Crippen LogP contribution is 2.32. The molecule has 0 saturated carbocycles. The van der Waals surface area contributed by atoms with Crippen LogP contribution >= 0.6 is 11.6 Å². The van der Waals surface area contributed by atoms with Gasteiger partial charge in [0, 0.05) is 23.6 Å². The first kappa shape index (κ1) is 25.2. The average molecular weight is 548 g/mol. The first-order chi connectivity index (χ1) is 18.2. The minimum absolute atomic E-state index is 0.0131. The zero-order valence-corrected chi connectivity index (χ0v) is 21.7. The summed E-state index contributed by atoms with van der Waals surface area (Å²) in [5.74, 6) is -0.0667. The van der Waals surface area contributed by atoms with Crippen LogP contribution in [0.1, 0.15) is 21.6 Å². The largest absolute Gasteiger partial charge is 0.383 e. The first-order valence-corrected chi connectivity index (χ1v) is 13.3. The molecule has 0 bridgehead atoms. The summed E-state index contributed by atoms with van der Waals surface area (Å²) in [4.78, 5) is 21.4. The van der Waals surface area contributed by atoms with E-state index >= 15 is 0 Å². The van der Waals surface area contributed by atoms with Gasteiger partial charge in [0.2, 0.25) is 0 Å². The maximum absolute atomic E-state index is 12.8. The highest BCUT2D eigenvalue weighted by molar-refractivity contribution is 7.92. The molecular weight excluding hydrogens is 526 g/mol. The number of nitrogens with zero attached hydrogens (tertiary/aromatic N) is 4. The molecule has 0 unspecified atom stereocenters. The number of carbonyl (C=O) groups is 1. The second kappa shape index (κ2) is 10.1. The molecule has 5 aromatic rings. The first-order valence-electron chi connectivity index (χ1n) is 11.4. The molecule has 0 atom stereocenters. The normalized spacial score (nSPS) is 11.4. The predicted octanol–water partition coefficient (Wildman–Crippen LogP) is 4.07. The molecule has 12 heteroatoms. The number of benzene rings is 2. The van der Waals surface area contributed by atoms with Crippen molar-refractivity contribution in [1.82, 2.24) is 24.9 Å². The van der Waals surface area contributed by atoms with Gasteiger partial charge in [-0.15, -0.1) is 0 Å². The van der Waals surface area contributed by atoms with Gasteiger partial charge >= 0.3 is 0 Å². The molecule has 192 valence electrons. The van der Waals surface area contributed by atoms with Gasteiger partial charge in [0.25, 0.3) is 15.9 Å². The Morgan fingerprint density at radius 2 is 1.82 bits per heavy atom. The molecule has 0 aliphatic rings. The summed E-state index contributed by atoms with van der Waals surface area (Å²) in [5, 5.41) is 7.20. The van der Waals surface area contributed by atoms with Crippen LogP contribution in [0.4, 0.5) is 11.5 Å². The fraction of sp³-hybridized carbons (Fsp3) is 0.0769. The number of rotatable bonds is 7. The van der Waals surface area contributed by atoms with Crippen molar-refractivity contribution in [3.05, 3.63) is 101 Å². The van der Waals surface area contributed by atoms with Crippen molar-refractivity contribution < 1.29 is 13.2 Å². The summed E-state index contributed by atoms with van der Waals surface area (Å²) in [5.41, 5.74) is 10.2. The molecule has 5 rings (SSSR count). The minimum Gasteiger partial charge on any atom is -0.383 e. The third kappa shape index (κ3) is 4.89. The lowest BCUT2D eigenvalue weighted by molar-refractivity contribution is 0.0952. The van der Waals surface area contributed by atoms with E-state index in [2.05, 4.69) is 25.1 Å². The Labute approximate surface area is 223 Å². The van der Waals surface area contributed by atoms with E-state index in [0.29, 0.717) is 16.9 Å². The van der Waals surface area contributed by atoms with Crippen LogP contribution < -0.4 is 15.8 Å². The molecule has 3 heterocycles. The number of hydrogen-bond acceptors (Lipinski definition) is 7. The number of sulfonamides is 1. The molecule has 3 aromatic heterocycles. The standard InChI is InChI=1S/C26H22ClN7O3S/c1-16-12-17(33-38(36,37)23-8-3-2-7-22(23)27)9-10-19(16)20-14-30-25-21(15-32-34(25)24(20)28)26(35)31-13-18-6-4-5-11-29-18/h2-12,14-15,33H,13,28H2,1H3,(H,31,35). The van der Waals surface area contributed by atoms with Crippen LogP contribution in [0.2, 0.25) is 5.02 Å². The summed E-state index contributed by atoms with van der Waals surface area (Å²) in [6, 6.07) is 16.7. The summed E-state index contributed by atoms with van der Waals surface area (Å²) in [7, 11) is -3.88. The molecule has 0 radical (unpaired) electrons. The van der Waals surface area contributed by atoms with Crippen LogP contribution in [-0.2, 0) is 16.6 Å². The number of anilines is 2. The van der Waals surface area contributed by atoms with E-state index in [9.17, 15) is 13.2 Å². The van der Waals surface area contributed by atoms with Gasteiger partial charge in [-0.05, 0) is 54.4 Å². The zero-order valence-electron chi connectivity index (χ0n) is 20.1. The predicted molar refractivity (Wildman–Crippen MR) is 145 cm³/mol. The lowest BCUT2D eigenvalue weighted by Crippen LogP contribution is -2.23. The smallest absolute Gasteiger partial charge is 0.263 e. The summed E-state index contributed by atoms with van der Waals surface area (Å²) in [6.45, 7) is 2.09. The Morgan fingerprint density at radius 3 is 2.55 bits per heavy atom. The molecule has 0 saturated heterocycles. The van der Waals surface area contributed by atoms with E-state index < -0.39 is 10.0 Å². The van der Waals surface area contributed by atoms with Crippen molar-refractivity contribution in [1.29, 1.82) is 0 Å².